The normalized spacial score (nSPS) is 17.4. The smallest absolute Gasteiger partial charge is 0.227 e. The van der Waals surface area contributed by atoms with Gasteiger partial charge in [-0.1, -0.05) is 65.0 Å². The highest BCUT2D eigenvalue weighted by atomic mass is 16.3. The van der Waals surface area contributed by atoms with E-state index in [2.05, 4.69) is 82.9 Å². The molecule has 1 atom stereocenters. The molecule has 0 N–H and O–H groups in total. The Hall–Kier alpha value is -2.23. The van der Waals surface area contributed by atoms with Crippen molar-refractivity contribution in [2.75, 3.05) is 4.90 Å². The van der Waals surface area contributed by atoms with Crippen molar-refractivity contribution in [3.63, 3.8) is 0 Å². The first kappa shape index (κ1) is 18.2. The van der Waals surface area contributed by atoms with E-state index in [9.17, 15) is 0 Å². The molecule has 0 spiro atoms. The molecule has 1 aliphatic heterocycles. The molecule has 3 heterocycles. The Kier molecular flexibility index (Phi) is 4.53. The van der Waals surface area contributed by atoms with Gasteiger partial charge in [-0.3, -0.25) is 0 Å². The number of pyridine rings is 1. The maximum atomic E-state index is 6.35. The van der Waals surface area contributed by atoms with Crippen molar-refractivity contribution in [1.82, 2.24) is 4.98 Å². The fourth-order valence-corrected chi connectivity index (χ4v) is 4.27. The van der Waals surface area contributed by atoms with Crippen LogP contribution in [0.2, 0.25) is 6.32 Å². The summed E-state index contributed by atoms with van der Waals surface area (Å²) in [5.41, 5.74) is 5.21. The predicted octanol–water partition coefficient (Wildman–Crippen LogP) is 6.36. The summed E-state index contributed by atoms with van der Waals surface area (Å²) in [7, 11) is 0. The van der Waals surface area contributed by atoms with Crippen LogP contribution in [0, 0.1) is 12.8 Å². The predicted molar refractivity (Wildman–Crippen MR) is 117 cm³/mol. The molecule has 1 aromatic carbocycles. The molecule has 4 heteroatoms. The number of rotatable bonds is 4. The third-order valence-electron chi connectivity index (χ3n) is 5.85. The summed E-state index contributed by atoms with van der Waals surface area (Å²) in [6.45, 7) is 14.0. The van der Waals surface area contributed by atoms with Crippen LogP contribution in [-0.2, 0) is 0 Å². The number of aryl methyl sites for hydroxylation is 1. The summed E-state index contributed by atoms with van der Waals surface area (Å²) in [5.74, 6) is 3.89. The number of nitrogens with zero attached hydrogens (tertiary/aromatic N) is 2. The van der Waals surface area contributed by atoms with E-state index in [0.717, 1.165) is 27.8 Å². The van der Waals surface area contributed by atoms with Crippen LogP contribution in [0.1, 0.15) is 51.8 Å². The minimum absolute atomic E-state index is 0.391. The van der Waals surface area contributed by atoms with Crippen molar-refractivity contribution in [2.24, 2.45) is 5.92 Å². The van der Waals surface area contributed by atoms with E-state index < -0.39 is 0 Å². The molecular weight excluding hydrogens is 331 g/mol. The third kappa shape index (κ3) is 3.05. The van der Waals surface area contributed by atoms with Gasteiger partial charge in [-0.2, -0.15) is 0 Å². The van der Waals surface area contributed by atoms with Gasteiger partial charge < -0.3 is 9.32 Å². The Morgan fingerprint density at radius 2 is 1.85 bits per heavy atom. The lowest BCUT2D eigenvalue weighted by Crippen LogP contribution is -2.36. The molecule has 0 saturated carbocycles. The average Bonchev–Trinajstić information content (AvgIpc) is 3.15. The number of anilines is 1. The zero-order valence-corrected chi connectivity index (χ0v) is 17.3. The maximum Gasteiger partial charge on any atom is 0.227 e. The second kappa shape index (κ2) is 6.74. The minimum Gasteiger partial charge on any atom is -0.435 e. The number of benzene rings is 1. The first-order chi connectivity index (χ1) is 12.9. The van der Waals surface area contributed by atoms with E-state index in [4.69, 9.17) is 9.40 Å². The Morgan fingerprint density at radius 1 is 1.11 bits per heavy atom. The van der Waals surface area contributed by atoms with Crippen LogP contribution in [-0.4, -0.2) is 17.6 Å². The zero-order valence-electron chi connectivity index (χ0n) is 17.3. The first-order valence-corrected chi connectivity index (χ1v) is 10.2. The molecule has 140 valence electrons. The summed E-state index contributed by atoms with van der Waals surface area (Å²) in [6, 6.07) is 8.66. The van der Waals surface area contributed by atoms with Gasteiger partial charge in [0, 0.05) is 22.4 Å². The Morgan fingerprint density at radius 3 is 2.56 bits per heavy atom. The van der Waals surface area contributed by atoms with Crippen molar-refractivity contribution in [2.45, 2.75) is 59.7 Å². The second-order valence-electron chi connectivity index (χ2n) is 8.74. The molecule has 0 unspecified atom stereocenters. The van der Waals surface area contributed by atoms with Gasteiger partial charge in [-0.05, 0) is 36.7 Å². The molecule has 0 amide bonds. The van der Waals surface area contributed by atoms with Gasteiger partial charge >= 0.3 is 0 Å². The number of hydrogen-bond donors (Lipinski definition) is 0. The van der Waals surface area contributed by atoms with Gasteiger partial charge in [-0.15, -0.1) is 0 Å². The number of fused-ring (bicyclic) bond motifs is 3. The molecule has 0 radical (unpaired) electrons. The minimum atomic E-state index is 0.391. The first-order valence-electron chi connectivity index (χ1n) is 10.2. The third-order valence-corrected chi connectivity index (χ3v) is 5.85. The van der Waals surface area contributed by atoms with Crippen molar-refractivity contribution >= 4 is 34.5 Å². The van der Waals surface area contributed by atoms with E-state index in [-0.39, 0.29) is 0 Å². The average molecular weight is 360 g/mol. The van der Waals surface area contributed by atoms with Gasteiger partial charge in [-0.25, -0.2) is 4.98 Å². The van der Waals surface area contributed by atoms with E-state index in [1.165, 1.54) is 17.6 Å². The Labute approximate surface area is 162 Å². The molecule has 2 aromatic heterocycles. The number of furan rings is 1. The van der Waals surface area contributed by atoms with Crippen LogP contribution in [0.25, 0.3) is 22.1 Å². The highest BCUT2D eigenvalue weighted by Gasteiger charge is 2.32. The monoisotopic (exact) mass is 360 g/mol. The lowest BCUT2D eigenvalue weighted by atomic mass is 9.42. The fraction of sp³-hybridized carbons (Fsp3) is 0.435. The summed E-state index contributed by atoms with van der Waals surface area (Å²) >= 11 is 0. The van der Waals surface area contributed by atoms with Crippen LogP contribution in [0.4, 0.5) is 5.69 Å². The van der Waals surface area contributed by atoms with E-state index in [0.29, 0.717) is 24.5 Å². The molecule has 0 fully saturated rings. The van der Waals surface area contributed by atoms with E-state index in [1.54, 1.807) is 0 Å². The van der Waals surface area contributed by atoms with Crippen molar-refractivity contribution < 1.29 is 4.42 Å². The van der Waals surface area contributed by atoms with Crippen LogP contribution in [0.5, 0.6) is 0 Å². The van der Waals surface area contributed by atoms with Crippen LogP contribution >= 0.6 is 0 Å². The SMILES string of the molecule is Cc1ccc2c(oc3nc(C(C)C)ccc32)c1N1C=CB(CC(C)C)[C@@H]1C. The van der Waals surface area contributed by atoms with Crippen molar-refractivity contribution in [3.05, 3.63) is 47.7 Å². The molecule has 27 heavy (non-hydrogen) atoms. The van der Waals surface area contributed by atoms with Gasteiger partial charge in [0.25, 0.3) is 0 Å². The second-order valence-corrected chi connectivity index (χ2v) is 8.74. The quantitative estimate of drug-likeness (QED) is 0.507. The molecular formula is C23H29BN2O. The standard InChI is InChI=1S/C23H29BN2O/c1-14(2)13-24-11-12-26(17(24)6)21-16(5)7-8-18-19-9-10-20(15(3)4)25-23(19)27-22(18)21/h7-12,14-15,17H,13H2,1-6H3/t17-/m0/s1. The van der Waals surface area contributed by atoms with Crippen LogP contribution < -0.4 is 4.90 Å². The molecule has 4 rings (SSSR count). The lowest BCUT2D eigenvalue weighted by molar-refractivity contribution is 0.646. The molecule has 0 aliphatic carbocycles. The Balaban J connectivity index is 1.84. The van der Waals surface area contributed by atoms with E-state index in [1.807, 2.05) is 0 Å². The van der Waals surface area contributed by atoms with Gasteiger partial charge in [0.05, 0.1) is 5.69 Å². The molecule has 0 bridgehead atoms. The maximum absolute atomic E-state index is 6.35. The summed E-state index contributed by atoms with van der Waals surface area (Å²) < 4.78 is 6.35. The van der Waals surface area contributed by atoms with Gasteiger partial charge in [0.2, 0.25) is 5.71 Å². The van der Waals surface area contributed by atoms with Crippen molar-refractivity contribution in [3.8, 4) is 0 Å². The lowest BCUT2D eigenvalue weighted by Gasteiger charge is -2.27. The summed E-state index contributed by atoms with van der Waals surface area (Å²) in [6.07, 6.45) is 3.46. The molecule has 1 aliphatic rings. The van der Waals surface area contributed by atoms with Crippen LogP contribution in [0.15, 0.2) is 40.9 Å². The van der Waals surface area contributed by atoms with Crippen LogP contribution in [0.3, 0.4) is 0 Å². The molecule has 3 aromatic rings. The number of hydrogen-bond acceptors (Lipinski definition) is 3. The summed E-state index contributed by atoms with van der Waals surface area (Å²) in [5, 5.41) is 2.26. The van der Waals surface area contributed by atoms with Gasteiger partial charge in [0.15, 0.2) is 12.3 Å². The van der Waals surface area contributed by atoms with E-state index >= 15 is 0 Å². The zero-order chi connectivity index (χ0) is 19.3. The molecule has 3 nitrogen and oxygen atoms in total. The highest BCUT2D eigenvalue weighted by Crippen LogP contribution is 2.39. The largest absolute Gasteiger partial charge is 0.435 e. The topological polar surface area (TPSA) is 29.3 Å². The van der Waals surface area contributed by atoms with Crippen molar-refractivity contribution in [1.29, 1.82) is 0 Å². The number of aromatic nitrogens is 1. The fourth-order valence-electron chi connectivity index (χ4n) is 4.27. The Bertz CT molecular complexity index is 1020. The molecule has 0 saturated heterocycles. The highest BCUT2D eigenvalue weighted by molar-refractivity contribution is 6.67. The summed E-state index contributed by atoms with van der Waals surface area (Å²) in [4.78, 5) is 7.18. The van der Waals surface area contributed by atoms with Gasteiger partial charge in [0.1, 0.15) is 0 Å².